The molecule has 0 bridgehead atoms. The molecule has 0 radical (unpaired) electrons. The minimum absolute atomic E-state index is 0.503. The molecule has 1 atom stereocenters. The van der Waals surface area contributed by atoms with E-state index >= 15 is 0 Å². The fraction of sp³-hybridized carbons (Fsp3) is 0.474. The molecule has 1 unspecified atom stereocenters. The summed E-state index contributed by atoms with van der Waals surface area (Å²) < 4.78 is 0. The average molecular weight is 312 g/mol. The topological polar surface area (TPSA) is 43.1 Å². The van der Waals surface area contributed by atoms with Gasteiger partial charge in [0.2, 0.25) is 0 Å². The molecular formula is C19H28N4. The Hall–Kier alpha value is -1.94. The predicted molar refractivity (Wildman–Crippen MR) is 97.3 cm³/mol. The van der Waals surface area contributed by atoms with E-state index in [1.807, 2.05) is 0 Å². The Bertz CT molecular complexity index is 673. The summed E-state index contributed by atoms with van der Waals surface area (Å²) in [5.74, 6) is 0.915. The van der Waals surface area contributed by atoms with Crippen LogP contribution in [0.3, 0.4) is 0 Å². The predicted octanol–water partition coefficient (Wildman–Crippen LogP) is 2.97. The smallest absolute Gasteiger partial charge is 0.0918 e. The largest absolute Gasteiger partial charge is 0.368 e. The van der Waals surface area contributed by atoms with Crippen LogP contribution < -0.4 is 10.6 Å². The summed E-state index contributed by atoms with van der Waals surface area (Å²) >= 11 is 0. The summed E-state index contributed by atoms with van der Waals surface area (Å²) in [6, 6.07) is 9.35. The van der Waals surface area contributed by atoms with Crippen molar-refractivity contribution < 1.29 is 0 Å². The molecular weight excluding hydrogens is 284 g/mol. The third-order valence-electron chi connectivity index (χ3n) is 4.65. The number of nitrogens with zero attached hydrogens (tertiary/aromatic N) is 1. The van der Waals surface area contributed by atoms with Crippen molar-refractivity contribution in [1.82, 2.24) is 20.5 Å². The van der Waals surface area contributed by atoms with Crippen molar-refractivity contribution >= 4 is 10.9 Å². The highest BCUT2D eigenvalue weighted by molar-refractivity contribution is 5.81. The maximum atomic E-state index is 4.12. The molecule has 1 saturated heterocycles. The van der Waals surface area contributed by atoms with E-state index in [0.717, 1.165) is 25.3 Å². The molecule has 1 aliphatic rings. The molecule has 23 heavy (non-hydrogen) atoms. The molecule has 4 heteroatoms. The quantitative estimate of drug-likeness (QED) is 0.768. The summed E-state index contributed by atoms with van der Waals surface area (Å²) in [6.45, 7) is 9.36. The zero-order valence-electron chi connectivity index (χ0n) is 14.3. The molecule has 3 N–H and O–H groups in total. The Balaban J connectivity index is 1.54. The molecule has 0 spiro atoms. The number of aromatic amines is 1. The van der Waals surface area contributed by atoms with E-state index in [1.54, 1.807) is 0 Å². The van der Waals surface area contributed by atoms with Gasteiger partial charge in [-0.2, -0.15) is 0 Å². The Morgan fingerprint density at radius 2 is 2.26 bits per heavy atom. The van der Waals surface area contributed by atoms with Gasteiger partial charge >= 0.3 is 0 Å². The van der Waals surface area contributed by atoms with E-state index in [1.165, 1.54) is 41.5 Å². The Morgan fingerprint density at radius 3 is 3.04 bits per heavy atom. The number of H-pyrrole nitrogens is 1. The number of aromatic nitrogens is 1. The maximum Gasteiger partial charge on any atom is 0.0918 e. The van der Waals surface area contributed by atoms with E-state index < -0.39 is 0 Å². The van der Waals surface area contributed by atoms with E-state index in [4.69, 9.17) is 0 Å². The molecule has 4 nitrogen and oxygen atoms in total. The van der Waals surface area contributed by atoms with E-state index in [-0.39, 0.29) is 0 Å². The summed E-state index contributed by atoms with van der Waals surface area (Å²) in [7, 11) is 2.18. The van der Waals surface area contributed by atoms with Crippen LogP contribution in [0.1, 0.15) is 31.0 Å². The lowest BCUT2D eigenvalue weighted by Gasteiger charge is -2.31. The van der Waals surface area contributed by atoms with Gasteiger partial charge in [-0.15, -0.1) is 0 Å². The number of likely N-dealkylation sites (tertiary alicyclic amines) is 1. The number of fused-ring (bicyclic) bond motifs is 1. The monoisotopic (exact) mass is 312 g/mol. The van der Waals surface area contributed by atoms with Crippen molar-refractivity contribution in [3.05, 3.63) is 47.9 Å². The fourth-order valence-corrected chi connectivity index (χ4v) is 3.33. The lowest BCUT2D eigenvalue weighted by atomic mass is 10.1. The van der Waals surface area contributed by atoms with Gasteiger partial charge in [-0.3, -0.25) is 0 Å². The van der Waals surface area contributed by atoms with Crippen LogP contribution in [0.2, 0.25) is 0 Å². The molecule has 1 fully saturated rings. The SMILES string of the molecule is C=C(NCc1cc2ccc(CC)cc2[nH]1)NC1CCCN(C)C1. The number of nitrogens with one attached hydrogen (secondary N) is 3. The van der Waals surface area contributed by atoms with E-state index in [2.05, 4.69) is 65.3 Å². The minimum Gasteiger partial charge on any atom is -0.368 e. The van der Waals surface area contributed by atoms with Crippen LogP contribution in [-0.4, -0.2) is 36.1 Å². The maximum absolute atomic E-state index is 4.12. The standard InChI is InChI=1S/C19H28N4/c1-4-15-7-8-16-11-18(22-19(16)10-15)12-20-14(2)21-17-6-5-9-23(3)13-17/h7-8,10-11,17,20-22H,2,4-6,9,12-13H2,1,3H3. The number of piperidine rings is 1. The molecule has 2 aromatic rings. The van der Waals surface area contributed by atoms with Gasteiger partial charge in [-0.05, 0) is 55.9 Å². The molecule has 1 aliphatic heterocycles. The van der Waals surface area contributed by atoms with Gasteiger partial charge in [0, 0.05) is 23.8 Å². The fourth-order valence-electron chi connectivity index (χ4n) is 3.33. The van der Waals surface area contributed by atoms with Gasteiger partial charge in [0.25, 0.3) is 0 Å². The highest BCUT2D eigenvalue weighted by Gasteiger charge is 2.16. The van der Waals surface area contributed by atoms with Crippen LogP contribution in [0.25, 0.3) is 10.9 Å². The molecule has 3 rings (SSSR count). The van der Waals surface area contributed by atoms with Crippen molar-refractivity contribution in [3.63, 3.8) is 0 Å². The number of rotatable bonds is 6. The second-order valence-electron chi connectivity index (χ2n) is 6.65. The summed E-state index contributed by atoms with van der Waals surface area (Å²) in [5, 5.41) is 8.18. The Kier molecular flexibility index (Phi) is 4.91. The van der Waals surface area contributed by atoms with Crippen molar-refractivity contribution in [1.29, 1.82) is 0 Å². The number of hydrogen-bond acceptors (Lipinski definition) is 3. The second-order valence-corrected chi connectivity index (χ2v) is 6.65. The van der Waals surface area contributed by atoms with Crippen LogP contribution in [0, 0.1) is 0 Å². The van der Waals surface area contributed by atoms with Gasteiger partial charge < -0.3 is 20.5 Å². The number of hydrogen-bond donors (Lipinski definition) is 3. The third-order valence-corrected chi connectivity index (χ3v) is 4.65. The van der Waals surface area contributed by atoms with Gasteiger partial charge in [-0.25, -0.2) is 0 Å². The van der Waals surface area contributed by atoms with Crippen molar-refractivity contribution in [3.8, 4) is 0 Å². The molecule has 0 aliphatic carbocycles. The van der Waals surface area contributed by atoms with Crippen LogP contribution >= 0.6 is 0 Å². The van der Waals surface area contributed by atoms with Crippen molar-refractivity contribution in [2.75, 3.05) is 20.1 Å². The third kappa shape index (κ3) is 4.08. The van der Waals surface area contributed by atoms with Crippen LogP contribution in [0.5, 0.6) is 0 Å². The van der Waals surface area contributed by atoms with Gasteiger partial charge in [0.1, 0.15) is 0 Å². The molecule has 0 amide bonds. The summed E-state index contributed by atoms with van der Waals surface area (Å²) in [6.07, 6.45) is 3.54. The normalized spacial score (nSPS) is 19.0. The molecule has 0 saturated carbocycles. The number of likely N-dealkylation sites (N-methyl/N-ethyl adjacent to an activating group) is 1. The zero-order valence-corrected chi connectivity index (χ0v) is 14.3. The van der Waals surface area contributed by atoms with E-state index in [9.17, 15) is 0 Å². The van der Waals surface area contributed by atoms with Gasteiger partial charge in [-0.1, -0.05) is 25.6 Å². The number of aryl methyl sites for hydroxylation is 1. The number of benzene rings is 1. The molecule has 2 heterocycles. The second kappa shape index (κ2) is 7.09. The highest BCUT2D eigenvalue weighted by Crippen LogP contribution is 2.17. The lowest BCUT2D eigenvalue weighted by Crippen LogP contribution is -2.45. The summed E-state index contributed by atoms with van der Waals surface area (Å²) in [4.78, 5) is 5.87. The molecule has 1 aromatic heterocycles. The zero-order chi connectivity index (χ0) is 16.2. The Labute approximate surface area is 139 Å². The first kappa shape index (κ1) is 15.9. The average Bonchev–Trinajstić information content (AvgIpc) is 2.94. The Morgan fingerprint density at radius 1 is 1.39 bits per heavy atom. The van der Waals surface area contributed by atoms with Crippen LogP contribution in [0.15, 0.2) is 36.7 Å². The first-order valence-electron chi connectivity index (χ1n) is 8.62. The first-order valence-corrected chi connectivity index (χ1v) is 8.62. The molecule has 1 aromatic carbocycles. The van der Waals surface area contributed by atoms with Crippen LogP contribution in [0.4, 0.5) is 0 Å². The highest BCUT2D eigenvalue weighted by atomic mass is 15.2. The van der Waals surface area contributed by atoms with Gasteiger partial charge in [0.05, 0.1) is 12.4 Å². The minimum atomic E-state index is 0.503. The van der Waals surface area contributed by atoms with Crippen molar-refractivity contribution in [2.24, 2.45) is 0 Å². The van der Waals surface area contributed by atoms with E-state index in [0.29, 0.717) is 6.04 Å². The molecule has 124 valence electrons. The van der Waals surface area contributed by atoms with Gasteiger partial charge in [0.15, 0.2) is 0 Å². The van der Waals surface area contributed by atoms with Crippen molar-refractivity contribution in [2.45, 2.75) is 38.8 Å². The summed E-state index contributed by atoms with van der Waals surface area (Å²) in [5.41, 5.74) is 3.77. The lowest BCUT2D eigenvalue weighted by molar-refractivity contribution is 0.233. The first-order chi connectivity index (χ1) is 11.1. The van der Waals surface area contributed by atoms with Crippen LogP contribution in [-0.2, 0) is 13.0 Å².